The molecular weight excluding hydrogens is 196 g/mol. The van der Waals surface area contributed by atoms with Crippen LogP contribution < -0.4 is 0 Å². The highest BCUT2D eigenvalue weighted by atomic mass is 16.7. The molecule has 2 aliphatic rings. The van der Waals surface area contributed by atoms with Crippen molar-refractivity contribution < 1.29 is 19.4 Å². The number of hydrogen-bond donors (Lipinski definition) is 1. The van der Waals surface area contributed by atoms with Crippen molar-refractivity contribution in [3.63, 3.8) is 0 Å². The molecule has 1 aliphatic carbocycles. The van der Waals surface area contributed by atoms with Crippen LogP contribution in [0, 0.1) is 0 Å². The first kappa shape index (κ1) is 11.0. The minimum Gasteiger partial charge on any atom is -0.393 e. The highest BCUT2D eigenvalue weighted by Crippen LogP contribution is 2.23. The summed E-state index contributed by atoms with van der Waals surface area (Å²) in [5.41, 5.74) is 0. The molecule has 4 nitrogen and oxygen atoms in total. The third-order valence-corrected chi connectivity index (χ3v) is 2.94. The molecule has 3 atom stereocenters. The standard InChI is InChI=1S/C11H18O4/c12-8-5-9(13)7-10(6-8)15-11-3-1-2-4-14-11/h8,10-12H,1-7H2/t8-,10-,11?/m0/s1. The Hall–Kier alpha value is -0.450. The van der Waals surface area contributed by atoms with Gasteiger partial charge < -0.3 is 14.6 Å². The topological polar surface area (TPSA) is 55.8 Å². The molecule has 0 aromatic heterocycles. The van der Waals surface area contributed by atoms with E-state index in [9.17, 15) is 9.90 Å². The number of ketones is 1. The van der Waals surface area contributed by atoms with Gasteiger partial charge in [0.15, 0.2) is 6.29 Å². The van der Waals surface area contributed by atoms with Crippen molar-refractivity contribution >= 4 is 5.78 Å². The molecule has 0 spiro atoms. The predicted molar refractivity (Wildman–Crippen MR) is 53.3 cm³/mol. The summed E-state index contributed by atoms with van der Waals surface area (Å²) < 4.78 is 11.1. The molecule has 1 saturated carbocycles. The summed E-state index contributed by atoms with van der Waals surface area (Å²) in [5, 5.41) is 9.44. The minimum absolute atomic E-state index is 0.0922. The third-order valence-electron chi connectivity index (χ3n) is 2.94. The maximum Gasteiger partial charge on any atom is 0.157 e. The second-order valence-corrected chi connectivity index (χ2v) is 4.39. The van der Waals surface area contributed by atoms with Crippen LogP contribution in [0.15, 0.2) is 0 Å². The molecule has 1 saturated heterocycles. The van der Waals surface area contributed by atoms with Crippen LogP contribution in [0.1, 0.15) is 38.5 Å². The first-order chi connectivity index (χ1) is 7.24. The van der Waals surface area contributed by atoms with Crippen molar-refractivity contribution in [1.82, 2.24) is 0 Å². The van der Waals surface area contributed by atoms with Gasteiger partial charge in [0, 0.05) is 25.9 Å². The maximum atomic E-state index is 11.2. The van der Waals surface area contributed by atoms with Crippen LogP contribution in [-0.4, -0.2) is 36.0 Å². The van der Waals surface area contributed by atoms with Crippen molar-refractivity contribution in [3.8, 4) is 0 Å². The van der Waals surface area contributed by atoms with Gasteiger partial charge in [-0.15, -0.1) is 0 Å². The van der Waals surface area contributed by atoms with E-state index in [4.69, 9.17) is 9.47 Å². The van der Waals surface area contributed by atoms with Crippen LogP contribution in [0.25, 0.3) is 0 Å². The van der Waals surface area contributed by atoms with E-state index in [1.165, 1.54) is 0 Å². The summed E-state index contributed by atoms with van der Waals surface area (Å²) in [7, 11) is 0. The van der Waals surface area contributed by atoms with Crippen molar-refractivity contribution in [2.75, 3.05) is 6.61 Å². The molecule has 1 heterocycles. The smallest absolute Gasteiger partial charge is 0.157 e. The molecular formula is C11H18O4. The number of rotatable bonds is 2. The molecule has 0 amide bonds. The lowest BCUT2D eigenvalue weighted by atomic mass is 9.94. The highest BCUT2D eigenvalue weighted by Gasteiger charge is 2.29. The van der Waals surface area contributed by atoms with Gasteiger partial charge in [-0.05, 0) is 19.3 Å². The van der Waals surface area contributed by atoms with Gasteiger partial charge in [0.05, 0.1) is 12.2 Å². The number of carbonyl (C=O) groups excluding carboxylic acids is 1. The third kappa shape index (κ3) is 3.26. The fourth-order valence-electron chi connectivity index (χ4n) is 2.21. The normalized spacial score (nSPS) is 37.9. The van der Waals surface area contributed by atoms with E-state index < -0.39 is 6.10 Å². The van der Waals surface area contributed by atoms with Gasteiger partial charge in [0.25, 0.3) is 0 Å². The highest BCUT2D eigenvalue weighted by molar-refractivity contribution is 5.80. The number of aliphatic hydroxyl groups excluding tert-OH is 1. The van der Waals surface area contributed by atoms with E-state index in [-0.39, 0.29) is 24.6 Å². The van der Waals surface area contributed by atoms with Gasteiger partial charge in [-0.3, -0.25) is 4.79 Å². The Labute approximate surface area is 89.6 Å². The summed E-state index contributed by atoms with van der Waals surface area (Å²) in [6.07, 6.45) is 3.54. The molecule has 1 N–H and O–H groups in total. The van der Waals surface area contributed by atoms with Crippen LogP contribution in [0.3, 0.4) is 0 Å². The molecule has 0 radical (unpaired) electrons. The van der Waals surface area contributed by atoms with Crippen molar-refractivity contribution in [1.29, 1.82) is 0 Å². The summed E-state index contributed by atoms with van der Waals surface area (Å²) in [5.74, 6) is 0.0922. The monoisotopic (exact) mass is 214 g/mol. The van der Waals surface area contributed by atoms with Crippen LogP contribution >= 0.6 is 0 Å². The van der Waals surface area contributed by atoms with Gasteiger partial charge in [0.1, 0.15) is 5.78 Å². The number of hydrogen-bond acceptors (Lipinski definition) is 4. The molecule has 2 fully saturated rings. The molecule has 2 rings (SSSR count). The molecule has 15 heavy (non-hydrogen) atoms. The molecule has 1 aliphatic heterocycles. The fourth-order valence-corrected chi connectivity index (χ4v) is 2.21. The first-order valence-corrected chi connectivity index (χ1v) is 5.71. The Morgan fingerprint density at radius 3 is 2.87 bits per heavy atom. The molecule has 0 aromatic carbocycles. The fraction of sp³-hybridized carbons (Fsp3) is 0.909. The molecule has 1 unspecified atom stereocenters. The summed E-state index contributed by atoms with van der Waals surface area (Å²) in [4.78, 5) is 11.2. The number of carbonyl (C=O) groups is 1. The largest absolute Gasteiger partial charge is 0.393 e. The predicted octanol–water partition coefficient (Wildman–Crippen LogP) is 1.01. The van der Waals surface area contributed by atoms with E-state index in [0.717, 1.165) is 25.9 Å². The SMILES string of the molecule is O=C1C[C@H](O)C[C@H](OC2CCCCO2)C1. The Kier molecular flexibility index (Phi) is 3.72. The zero-order valence-corrected chi connectivity index (χ0v) is 8.85. The van der Waals surface area contributed by atoms with E-state index in [2.05, 4.69) is 0 Å². The van der Waals surface area contributed by atoms with E-state index >= 15 is 0 Å². The van der Waals surface area contributed by atoms with Crippen molar-refractivity contribution in [2.45, 2.75) is 57.0 Å². The summed E-state index contributed by atoms with van der Waals surface area (Å²) >= 11 is 0. The maximum absolute atomic E-state index is 11.2. The van der Waals surface area contributed by atoms with Gasteiger partial charge in [-0.1, -0.05) is 0 Å². The van der Waals surface area contributed by atoms with E-state index in [1.807, 2.05) is 0 Å². The zero-order valence-electron chi connectivity index (χ0n) is 8.85. The van der Waals surface area contributed by atoms with E-state index in [0.29, 0.717) is 12.8 Å². The Bertz CT molecular complexity index is 223. The Balaban J connectivity index is 1.79. The first-order valence-electron chi connectivity index (χ1n) is 5.71. The lowest BCUT2D eigenvalue weighted by Gasteiger charge is -2.30. The second kappa shape index (κ2) is 5.05. The van der Waals surface area contributed by atoms with Crippen LogP contribution in [0.4, 0.5) is 0 Å². The summed E-state index contributed by atoms with van der Waals surface area (Å²) in [6, 6.07) is 0. The lowest BCUT2D eigenvalue weighted by molar-refractivity contribution is -0.198. The van der Waals surface area contributed by atoms with E-state index in [1.54, 1.807) is 0 Å². The quantitative estimate of drug-likeness (QED) is 0.745. The average molecular weight is 214 g/mol. The van der Waals surface area contributed by atoms with Crippen molar-refractivity contribution in [3.05, 3.63) is 0 Å². The molecule has 0 bridgehead atoms. The van der Waals surface area contributed by atoms with Crippen LogP contribution in [0.2, 0.25) is 0 Å². The van der Waals surface area contributed by atoms with Gasteiger partial charge in [-0.2, -0.15) is 0 Å². The van der Waals surface area contributed by atoms with Crippen LogP contribution in [-0.2, 0) is 14.3 Å². The second-order valence-electron chi connectivity index (χ2n) is 4.39. The number of aliphatic hydroxyl groups is 1. The van der Waals surface area contributed by atoms with Gasteiger partial charge in [-0.25, -0.2) is 0 Å². The zero-order chi connectivity index (χ0) is 10.7. The number of Topliss-reactive ketones (excluding diaryl/α,β-unsaturated/α-hetero) is 1. The minimum atomic E-state index is -0.528. The lowest BCUT2D eigenvalue weighted by Crippen LogP contribution is -2.36. The molecule has 4 heteroatoms. The van der Waals surface area contributed by atoms with Gasteiger partial charge >= 0.3 is 0 Å². The van der Waals surface area contributed by atoms with Crippen molar-refractivity contribution in [2.24, 2.45) is 0 Å². The molecule has 0 aromatic rings. The Morgan fingerprint density at radius 2 is 2.20 bits per heavy atom. The van der Waals surface area contributed by atoms with Crippen LogP contribution in [0.5, 0.6) is 0 Å². The molecule has 86 valence electrons. The average Bonchev–Trinajstić information content (AvgIpc) is 2.17. The number of ether oxygens (including phenoxy) is 2. The summed E-state index contributed by atoms with van der Waals surface area (Å²) in [6.45, 7) is 0.744. The van der Waals surface area contributed by atoms with Gasteiger partial charge in [0.2, 0.25) is 0 Å². The Morgan fingerprint density at radius 1 is 1.33 bits per heavy atom.